The van der Waals surface area contributed by atoms with Crippen LogP contribution in [0.5, 0.6) is 0 Å². The van der Waals surface area contributed by atoms with Crippen LogP contribution in [-0.4, -0.2) is 9.91 Å². The van der Waals surface area contributed by atoms with Crippen LogP contribution in [0.3, 0.4) is 0 Å². The van der Waals surface area contributed by atoms with E-state index in [1.807, 2.05) is 25.1 Å². The molecule has 1 aromatic carbocycles. The standard InChI is InChI=1S/C13H12ClN3O2/c1-9(12-4-2-3-7-15-12)16-13-8-10(17(18)19)5-6-11(13)14/h2-9,16H,1H3. The molecule has 2 aromatic rings. The van der Waals surface area contributed by atoms with Crippen LogP contribution in [-0.2, 0) is 0 Å². The third-order valence-corrected chi connectivity index (χ3v) is 2.99. The van der Waals surface area contributed by atoms with Gasteiger partial charge in [-0.25, -0.2) is 0 Å². The maximum absolute atomic E-state index is 10.7. The first kappa shape index (κ1) is 13.3. The van der Waals surface area contributed by atoms with Gasteiger partial charge in [0.05, 0.1) is 27.4 Å². The SMILES string of the molecule is CC(Nc1cc([N+](=O)[O-])ccc1Cl)c1ccccn1. The largest absolute Gasteiger partial charge is 0.376 e. The van der Waals surface area contributed by atoms with Crippen LogP contribution in [0.2, 0.25) is 5.02 Å². The zero-order valence-electron chi connectivity index (χ0n) is 10.2. The van der Waals surface area contributed by atoms with Crippen molar-refractivity contribution < 1.29 is 4.92 Å². The second-order valence-corrected chi connectivity index (χ2v) is 4.45. The number of non-ortho nitro benzene ring substituents is 1. The highest BCUT2D eigenvalue weighted by molar-refractivity contribution is 6.33. The Balaban J connectivity index is 2.23. The van der Waals surface area contributed by atoms with Gasteiger partial charge in [-0.2, -0.15) is 0 Å². The summed E-state index contributed by atoms with van der Waals surface area (Å²) in [6.07, 6.45) is 1.70. The molecule has 0 saturated heterocycles. The minimum absolute atomic E-state index is 0.000112. The predicted octanol–water partition coefficient (Wildman–Crippen LogP) is 3.82. The van der Waals surface area contributed by atoms with Crippen LogP contribution in [0.1, 0.15) is 18.7 Å². The number of hydrogen-bond acceptors (Lipinski definition) is 4. The summed E-state index contributed by atoms with van der Waals surface area (Å²) in [6.45, 7) is 1.91. The first-order valence-corrected chi connectivity index (χ1v) is 6.07. The molecule has 2 rings (SSSR count). The van der Waals surface area contributed by atoms with Gasteiger partial charge in [0, 0.05) is 18.3 Å². The summed E-state index contributed by atoms with van der Waals surface area (Å²) in [7, 11) is 0. The zero-order valence-corrected chi connectivity index (χ0v) is 11.0. The van der Waals surface area contributed by atoms with E-state index in [0.717, 1.165) is 5.69 Å². The van der Waals surface area contributed by atoms with Gasteiger partial charge in [-0.1, -0.05) is 17.7 Å². The van der Waals surface area contributed by atoms with Gasteiger partial charge in [0.25, 0.3) is 5.69 Å². The molecule has 1 atom stereocenters. The van der Waals surface area contributed by atoms with Gasteiger partial charge in [0.2, 0.25) is 0 Å². The summed E-state index contributed by atoms with van der Waals surface area (Å²) in [5, 5.41) is 14.3. The quantitative estimate of drug-likeness (QED) is 0.681. The summed E-state index contributed by atoms with van der Waals surface area (Å²) in [5.41, 5.74) is 1.36. The molecule has 19 heavy (non-hydrogen) atoms. The first-order valence-electron chi connectivity index (χ1n) is 5.69. The molecule has 6 heteroatoms. The molecule has 1 unspecified atom stereocenters. The molecule has 0 aliphatic heterocycles. The van der Waals surface area contributed by atoms with E-state index < -0.39 is 4.92 Å². The maximum atomic E-state index is 10.7. The monoisotopic (exact) mass is 277 g/mol. The number of rotatable bonds is 4. The molecule has 0 bridgehead atoms. The Morgan fingerprint density at radius 3 is 2.79 bits per heavy atom. The van der Waals surface area contributed by atoms with E-state index in [-0.39, 0.29) is 11.7 Å². The topological polar surface area (TPSA) is 68.1 Å². The van der Waals surface area contributed by atoms with Crippen molar-refractivity contribution in [2.75, 3.05) is 5.32 Å². The minimum atomic E-state index is -0.451. The fourth-order valence-electron chi connectivity index (χ4n) is 1.68. The molecule has 0 radical (unpaired) electrons. The number of nitro benzene ring substituents is 1. The van der Waals surface area contributed by atoms with Crippen LogP contribution < -0.4 is 5.32 Å². The highest BCUT2D eigenvalue weighted by Crippen LogP contribution is 2.29. The number of halogens is 1. The number of nitrogens with zero attached hydrogens (tertiary/aromatic N) is 2. The Morgan fingerprint density at radius 1 is 1.37 bits per heavy atom. The Kier molecular flexibility index (Phi) is 3.97. The summed E-state index contributed by atoms with van der Waals surface area (Å²) in [6, 6.07) is 9.80. The molecular weight excluding hydrogens is 266 g/mol. The summed E-state index contributed by atoms with van der Waals surface area (Å²) >= 11 is 6.03. The molecule has 98 valence electrons. The summed E-state index contributed by atoms with van der Waals surface area (Å²) in [5.74, 6) is 0. The van der Waals surface area contributed by atoms with Gasteiger partial charge in [-0.05, 0) is 25.1 Å². The number of nitrogens with one attached hydrogen (secondary N) is 1. The Labute approximate surface area is 115 Å². The molecule has 1 heterocycles. The fourth-order valence-corrected chi connectivity index (χ4v) is 1.85. The van der Waals surface area contributed by atoms with Gasteiger partial charge in [0.15, 0.2) is 0 Å². The molecule has 0 aliphatic rings. The van der Waals surface area contributed by atoms with Gasteiger partial charge in [-0.3, -0.25) is 15.1 Å². The molecule has 1 aromatic heterocycles. The van der Waals surface area contributed by atoms with E-state index >= 15 is 0 Å². The fraction of sp³-hybridized carbons (Fsp3) is 0.154. The number of benzene rings is 1. The van der Waals surface area contributed by atoms with Gasteiger partial charge < -0.3 is 5.32 Å². The number of hydrogen-bond donors (Lipinski definition) is 1. The Hall–Kier alpha value is -2.14. The summed E-state index contributed by atoms with van der Waals surface area (Å²) in [4.78, 5) is 14.5. The van der Waals surface area contributed by atoms with E-state index in [2.05, 4.69) is 10.3 Å². The van der Waals surface area contributed by atoms with Crippen LogP contribution >= 0.6 is 11.6 Å². The lowest BCUT2D eigenvalue weighted by Gasteiger charge is -2.15. The highest BCUT2D eigenvalue weighted by atomic mass is 35.5. The lowest BCUT2D eigenvalue weighted by Crippen LogP contribution is -2.08. The molecule has 1 N–H and O–H groups in total. The van der Waals surface area contributed by atoms with Gasteiger partial charge >= 0.3 is 0 Å². The maximum Gasteiger partial charge on any atom is 0.271 e. The molecular formula is C13H12ClN3O2. The van der Waals surface area contributed by atoms with Crippen LogP contribution in [0, 0.1) is 10.1 Å². The van der Waals surface area contributed by atoms with Crippen molar-refractivity contribution in [3.63, 3.8) is 0 Å². The van der Waals surface area contributed by atoms with E-state index in [0.29, 0.717) is 10.7 Å². The van der Waals surface area contributed by atoms with Crippen molar-refractivity contribution >= 4 is 23.0 Å². The predicted molar refractivity (Wildman–Crippen MR) is 74.4 cm³/mol. The van der Waals surface area contributed by atoms with Crippen molar-refractivity contribution in [3.8, 4) is 0 Å². The van der Waals surface area contributed by atoms with Crippen LogP contribution in [0.25, 0.3) is 0 Å². The molecule has 0 amide bonds. The van der Waals surface area contributed by atoms with Gasteiger partial charge in [0.1, 0.15) is 0 Å². The highest BCUT2D eigenvalue weighted by Gasteiger charge is 2.13. The van der Waals surface area contributed by atoms with E-state index in [1.165, 1.54) is 18.2 Å². The average molecular weight is 278 g/mol. The first-order chi connectivity index (χ1) is 9.08. The third-order valence-electron chi connectivity index (χ3n) is 2.66. The molecule has 0 spiro atoms. The molecule has 5 nitrogen and oxygen atoms in total. The Bertz CT molecular complexity index is 590. The molecule has 0 fully saturated rings. The lowest BCUT2D eigenvalue weighted by atomic mass is 10.2. The van der Waals surface area contributed by atoms with E-state index in [9.17, 15) is 10.1 Å². The Morgan fingerprint density at radius 2 is 2.16 bits per heavy atom. The average Bonchev–Trinajstić information content (AvgIpc) is 2.42. The normalized spacial score (nSPS) is 11.9. The molecule has 0 saturated carbocycles. The number of aromatic nitrogens is 1. The number of anilines is 1. The lowest BCUT2D eigenvalue weighted by molar-refractivity contribution is -0.384. The van der Waals surface area contributed by atoms with Crippen molar-refractivity contribution in [1.82, 2.24) is 4.98 Å². The van der Waals surface area contributed by atoms with E-state index in [4.69, 9.17) is 11.6 Å². The van der Waals surface area contributed by atoms with Crippen molar-refractivity contribution in [2.24, 2.45) is 0 Å². The van der Waals surface area contributed by atoms with Crippen molar-refractivity contribution in [1.29, 1.82) is 0 Å². The number of pyridine rings is 1. The van der Waals surface area contributed by atoms with Crippen LogP contribution in [0.15, 0.2) is 42.6 Å². The van der Waals surface area contributed by atoms with Crippen LogP contribution in [0.4, 0.5) is 11.4 Å². The molecule has 0 aliphatic carbocycles. The second kappa shape index (κ2) is 5.67. The second-order valence-electron chi connectivity index (χ2n) is 4.04. The van der Waals surface area contributed by atoms with Crippen molar-refractivity contribution in [3.05, 3.63) is 63.4 Å². The zero-order chi connectivity index (χ0) is 13.8. The summed E-state index contributed by atoms with van der Waals surface area (Å²) < 4.78 is 0. The third kappa shape index (κ3) is 3.20. The van der Waals surface area contributed by atoms with Crippen molar-refractivity contribution in [2.45, 2.75) is 13.0 Å². The number of nitro groups is 1. The minimum Gasteiger partial charge on any atom is -0.376 e. The smallest absolute Gasteiger partial charge is 0.271 e. The van der Waals surface area contributed by atoms with E-state index in [1.54, 1.807) is 6.20 Å². The van der Waals surface area contributed by atoms with Gasteiger partial charge in [-0.15, -0.1) is 0 Å².